The monoisotopic (exact) mass is 317 g/mol. The van der Waals surface area contributed by atoms with Gasteiger partial charge in [-0.1, -0.05) is 23.7 Å². The summed E-state index contributed by atoms with van der Waals surface area (Å²) < 4.78 is 5.38. The second-order valence-corrected chi connectivity index (χ2v) is 5.37. The first-order valence-corrected chi connectivity index (χ1v) is 7.12. The maximum atomic E-state index is 11.9. The summed E-state index contributed by atoms with van der Waals surface area (Å²) in [6.45, 7) is 3.72. The quantitative estimate of drug-likeness (QED) is 0.854. The number of aryl methyl sites for hydroxylation is 2. The van der Waals surface area contributed by atoms with Crippen molar-refractivity contribution in [3.05, 3.63) is 58.1 Å². The van der Waals surface area contributed by atoms with Gasteiger partial charge in [-0.05, 0) is 49.2 Å². The lowest BCUT2D eigenvalue weighted by Crippen LogP contribution is -2.20. The Morgan fingerprint density at radius 1 is 1.23 bits per heavy atom. The molecule has 22 heavy (non-hydrogen) atoms. The Balaban J connectivity index is 1.98. The van der Waals surface area contributed by atoms with Gasteiger partial charge in [0.1, 0.15) is 12.0 Å². The summed E-state index contributed by atoms with van der Waals surface area (Å²) in [4.78, 5) is 22.6. The van der Waals surface area contributed by atoms with Crippen molar-refractivity contribution in [1.29, 1.82) is 0 Å². The minimum atomic E-state index is -0.274. The predicted molar refractivity (Wildman–Crippen MR) is 86.9 cm³/mol. The largest absolute Gasteiger partial charge is 0.482 e. The third-order valence-corrected chi connectivity index (χ3v) is 3.41. The average molecular weight is 318 g/mol. The molecule has 4 nitrogen and oxygen atoms in total. The molecule has 0 aliphatic carbocycles. The van der Waals surface area contributed by atoms with Crippen LogP contribution in [-0.4, -0.2) is 18.8 Å². The molecule has 0 spiro atoms. The van der Waals surface area contributed by atoms with Gasteiger partial charge in [-0.15, -0.1) is 0 Å². The van der Waals surface area contributed by atoms with E-state index in [2.05, 4.69) is 5.32 Å². The summed E-state index contributed by atoms with van der Waals surface area (Å²) in [7, 11) is 0. The molecule has 114 valence electrons. The first-order valence-electron chi connectivity index (χ1n) is 6.74. The molecule has 0 unspecified atom stereocenters. The van der Waals surface area contributed by atoms with E-state index in [9.17, 15) is 9.59 Å². The number of carbonyl (C=O) groups is 2. The second kappa shape index (κ2) is 7.09. The van der Waals surface area contributed by atoms with Crippen LogP contribution in [0.3, 0.4) is 0 Å². The molecule has 0 aliphatic heterocycles. The van der Waals surface area contributed by atoms with Crippen LogP contribution in [0.15, 0.2) is 36.4 Å². The summed E-state index contributed by atoms with van der Waals surface area (Å²) in [5.41, 5.74) is 3.26. The van der Waals surface area contributed by atoms with Crippen molar-refractivity contribution in [2.45, 2.75) is 13.8 Å². The molecule has 2 aromatic rings. The maximum Gasteiger partial charge on any atom is 0.262 e. The van der Waals surface area contributed by atoms with Crippen LogP contribution in [0.5, 0.6) is 5.75 Å². The molecule has 2 aromatic carbocycles. The number of ether oxygens (including phenoxy) is 1. The zero-order chi connectivity index (χ0) is 16.1. The Bertz CT molecular complexity index is 713. The summed E-state index contributed by atoms with van der Waals surface area (Å²) in [5.74, 6) is 0.0904. The van der Waals surface area contributed by atoms with Gasteiger partial charge < -0.3 is 10.1 Å². The lowest BCUT2D eigenvalue weighted by molar-refractivity contribution is -0.118. The average Bonchev–Trinajstić information content (AvgIpc) is 2.49. The minimum Gasteiger partial charge on any atom is -0.482 e. The molecule has 0 atom stereocenters. The first-order chi connectivity index (χ1) is 10.5. The number of nitrogens with one attached hydrogen (secondary N) is 1. The molecular weight excluding hydrogens is 302 g/mol. The number of carbonyl (C=O) groups excluding carboxylic acids is 2. The first kappa shape index (κ1) is 16.0. The standard InChI is InChI=1S/C17H16ClNO3/c1-11-3-4-12(2)15(7-11)19-17(21)10-22-16-6-5-13(9-20)8-14(16)18/h3-9H,10H2,1-2H3,(H,19,21). The highest BCUT2D eigenvalue weighted by atomic mass is 35.5. The maximum absolute atomic E-state index is 11.9. The van der Waals surface area contributed by atoms with Crippen molar-refractivity contribution in [3.8, 4) is 5.75 Å². The van der Waals surface area contributed by atoms with E-state index >= 15 is 0 Å². The second-order valence-electron chi connectivity index (χ2n) is 4.96. The normalized spacial score (nSPS) is 10.1. The van der Waals surface area contributed by atoms with Gasteiger partial charge in [0.2, 0.25) is 0 Å². The van der Waals surface area contributed by atoms with E-state index in [1.165, 1.54) is 6.07 Å². The fourth-order valence-corrected chi connectivity index (χ4v) is 2.15. The van der Waals surface area contributed by atoms with E-state index in [-0.39, 0.29) is 12.5 Å². The van der Waals surface area contributed by atoms with Crippen LogP contribution in [0.1, 0.15) is 21.5 Å². The van der Waals surface area contributed by atoms with Crippen molar-refractivity contribution >= 4 is 29.5 Å². The van der Waals surface area contributed by atoms with Crippen LogP contribution < -0.4 is 10.1 Å². The molecule has 0 heterocycles. The molecule has 0 saturated heterocycles. The molecule has 1 N–H and O–H groups in total. The van der Waals surface area contributed by atoms with Crippen molar-refractivity contribution in [3.63, 3.8) is 0 Å². The van der Waals surface area contributed by atoms with E-state index in [1.54, 1.807) is 12.1 Å². The Morgan fingerprint density at radius 3 is 2.68 bits per heavy atom. The van der Waals surface area contributed by atoms with Gasteiger partial charge in [0, 0.05) is 11.3 Å². The summed E-state index contributed by atoms with van der Waals surface area (Å²) in [6, 6.07) is 10.5. The predicted octanol–water partition coefficient (Wildman–Crippen LogP) is 3.79. The molecule has 0 bridgehead atoms. The fraction of sp³-hybridized carbons (Fsp3) is 0.176. The van der Waals surface area contributed by atoms with Crippen LogP contribution >= 0.6 is 11.6 Å². The zero-order valence-electron chi connectivity index (χ0n) is 12.4. The van der Waals surface area contributed by atoms with Gasteiger partial charge in [0.25, 0.3) is 5.91 Å². The van der Waals surface area contributed by atoms with Crippen LogP contribution in [0.4, 0.5) is 5.69 Å². The smallest absolute Gasteiger partial charge is 0.262 e. The minimum absolute atomic E-state index is 0.159. The van der Waals surface area contributed by atoms with Gasteiger partial charge in [0.15, 0.2) is 6.61 Å². The Hall–Kier alpha value is -2.33. The molecule has 2 rings (SSSR count). The van der Waals surface area contributed by atoms with Crippen LogP contribution in [0, 0.1) is 13.8 Å². The molecule has 0 fully saturated rings. The van der Waals surface area contributed by atoms with E-state index in [0.717, 1.165) is 16.8 Å². The summed E-state index contributed by atoms with van der Waals surface area (Å²) in [5, 5.41) is 3.10. The molecule has 0 aliphatic rings. The number of aldehydes is 1. The van der Waals surface area contributed by atoms with Gasteiger partial charge >= 0.3 is 0 Å². The van der Waals surface area contributed by atoms with Gasteiger partial charge in [-0.2, -0.15) is 0 Å². The number of hydrogen-bond donors (Lipinski definition) is 1. The topological polar surface area (TPSA) is 55.4 Å². The molecule has 5 heteroatoms. The van der Waals surface area contributed by atoms with Crippen molar-refractivity contribution in [2.75, 3.05) is 11.9 Å². The molecule has 0 aromatic heterocycles. The number of rotatable bonds is 5. The molecule has 1 amide bonds. The molecular formula is C17H16ClNO3. The number of hydrogen-bond acceptors (Lipinski definition) is 3. The van der Waals surface area contributed by atoms with Crippen LogP contribution in [0.2, 0.25) is 5.02 Å². The Morgan fingerprint density at radius 2 is 2.00 bits per heavy atom. The van der Waals surface area contributed by atoms with E-state index in [4.69, 9.17) is 16.3 Å². The highest BCUT2D eigenvalue weighted by Crippen LogP contribution is 2.25. The zero-order valence-corrected chi connectivity index (χ0v) is 13.1. The van der Waals surface area contributed by atoms with Crippen molar-refractivity contribution < 1.29 is 14.3 Å². The van der Waals surface area contributed by atoms with Crippen molar-refractivity contribution in [2.24, 2.45) is 0 Å². The molecule has 0 saturated carbocycles. The lowest BCUT2D eigenvalue weighted by atomic mass is 10.1. The van der Waals surface area contributed by atoms with Gasteiger partial charge in [-0.3, -0.25) is 9.59 Å². The van der Waals surface area contributed by atoms with Crippen LogP contribution in [-0.2, 0) is 4.79 Å². The number of halogens is 1. The highest BCUT2D eigenvalue weighted by molar-refractivity contribution is 6.32. The van der Waals surface area contributed by atoms with Gasteiger partial charge in [-0.25, -0.2) is 0 Å². The summed E-state index contributed by atoms with van der Waals surface area (Å²) >= 11 is 5.98. The Labute approximate surface area is 134 Å². The number of benzene rings is 2. The third kappa shape index (κ3) is 4.09. The van der Waals surface area contributed by atoms with E-state index < -0.39 is 0 Å². The molecule has 0 radical (unpaired) electrons. The Kier molecular flexibility index (Phi) is 5.17. The van der Waals surface area contributed by atoms with E-state index in [1.807, 2.05) is 32.0 Å². The highest BCUT2D eigenvalue weighted by Gasteiger charge is 2.08. The summed E-state index contributed by atoms with van der Waals surface area (Å²) in [6.07, 6.45) is 0.697. The third-order valence-electron chi connectivity index (χ3n) is 3.12. The fourth-order valence-electron chi connectivity index (χ4n) is 1.91. The van der Waals surface area contributed by atoms with E-state index in [0.29, 0.717) is 22.6 Å². The SMILES string of the molecule is Cc1ccc(C)c(NC(=O)COc2ccc(C=O)cc2Cl)c1. The van der Waals surface area contributed by atoms with Gasteiger partial charge in [0.05, 0.1) is 5.02 Å². The number of amides is 1. The van der Waals surface area contributed by atoms with Crippen LogP contribution in [0.25, 0.3) is 0 Å². The number of anilines is 1. The lowest BCUT2D eigenvalue weighted by Gasteiger charge is -2.11. The van der Waals surface area contributed by atoms with Crippen molar-refractivity contribution in [1.82, 2.24) is 0 Å².